The molecule has 0 aliphatic carbocycles. The number of anilines is 1. The molecule has 0 aliphatic rings. The summed E-state index contributed by atoms with van der Waals surface area (Å²) in [6.45, 7) is 1.79. The molecule has 0 saturated carbocycles. The number of pyridine rings is 1. The third kappa shape index (κ3) is 2.45. The van der Waals surface area contributed by atoms with Crippen LogP contribution in [0.4, 0.5) is 5.82 Å². The molecule has 1 aromatic heterocycles. The number of oxime groups is 1. The van der Waals surface area contributed by atoms with Gasteiger partial charge >= 0.3 is 0 Å². The first-order valence-corrected chi connectivity index (χ1v) is 5.60. The predicted molar refractivity (Wildman–Crippen MR) is 70.0 cm³/mol. The van der Waals surface area contributed by atoms with Gasteiger partial charge in [-0.3, -0.25) is 4.79 Å². The van der Waals surface area contributed by atoms with E-state index in [4.69, 9.17) is 5.21 Å². The average Bonchev–Trinajstić information content (AvgIpc) is 2.39. The molecule has 0 aliphatic heterocycles. The monoisotopic (exact) mass is 243 g/mol. The van der Waals surface area contributed by atoms with E-state index in [-0.39, 0.29) is 5.91 Å². The second-order valence-electron chi connectivity index (χ2n) is 3.79. The van der Waals surface area contributed by atoms with Crippen LogP contribution in [-0.4, -0.2) is 22.3 Å². The first-order chi connectivity index (χ1) is 8.74. The third-order valence-corrected chi connectivity index (χ3v) is 2.57. The number of hydrogen-bond acceptors (Lipinski definition) is 4. The maximum Gasteiger partial charge on any atom is 0.225 e. The summed E-state index contributed by atoms with van der Waals surface area (Å²) in [5.41, 5.74) is 0.781. The highest BCUT2D eigenvalue weighted by atomic mass is 16.4. The van der Waals surface area contributed by atoms with E-state index in [1.165, 1.54) is 6.21 Å². The molecule has 0 bridgehead atoms. The fourth-order valence-corrected chi connectivity index (χ4v) is 1.66. The summed E-state index contributed by atoms with van der Waals surface area (Å²) in [5, 5.41) is 16.0. The Morgan fingerprint density at radius 1 is 1.50 bits per heavy atom. The van der Waals surface area contributed by atoms with Gasteiger partial charge in [0, 0.05) is 18.0 Å². The molecule has 0 radical (unpaired) electrons. The van der Waals surface area contributed by atoms with Crippen molar-refractivity contribution in [3.05, 3.63) is 36.0 Å². The lowest BCUT2D eigenvalue weighted by atomic mass is 10.1. The molecule has 1 heterocycles. The minimum atomic E-state index is -0.0732. The highest BCUT2D eigenvalue weighted by Gasteiger charge is 2.05. The lowest BCUT2D eigenvalue weighted by Crippen LogP contribution is -2.10. The Labute approximate surface area is 104 Å². The lowest BCUT2D eigenvalue weighted by molar-refractivity contribution is -0.115. The molecule has 18 heavy (non-hydrogen) atoms. The van der Waals surface area contributed by atoms with Crippen LogP contribution in [0.1, 0.15) is 18.9 Å². The van der Waals surface area contributed by atoms with Crippen molar-refractivity contribution >= 4 is 28.7 Å². The van der Waals surface area contributed by atoms with Gasteiger partial charge in [0.15, 0.2) is 0 Å². The molecular formula is C13H13N3O2. The Kier molecular flexibility index (Phi) is 3.52. The number of carbonyl (C=O) groups excluding carboxylic acids is 1. The number of benzene rings is 1. The first-order valence-electron chi connectivity index (χ1n) is 5.60. The molecule has 92 valence electrons. The van der Waals surface area contributed by atoms with Gasteiger partial charge in [-0.15, -0.1) is 0 Å². The van der Waals surface area contributed by atoms with Gasteiger partial charge in [-0.25, -0.2) is 4.98 Å². The summed E-state index contributed by atoms with van der Waals surface area (Å²) < 4.78 is 0. The number of nitrogens with zero attached hydrogens (tertiary/aromatic N) is 2. The summed E-state index contributed by atoms with van der Waals surface area (Å²) in [7, 11) is 0. The van der Waals surface area contributed by atoms with Crippen molar-refractivity contribution in [2.45, 2.75) is 13.3 Å². The Balaban J connectivity index is 2.47. The number of amides is 1. The zero-order valence-electron chi connectivity index (χ0n) is 9.92. The molecule has 0 unspecified atom stereocenters. The molecule has 1 aromatic carbocycles. The van der Waals surface area contributed by atoms with Crippen molar-refractivity contribution in [2.24, 2.45) is 5.16 Å². The minimum Gasteiger partial charge on any atom is -0.411 e. The normalized spacial score (nSPS) is 10.9. The van der Waals surface area contributed by atoms with Crippen molar-refractivity contribution in [3.63, 3.8) is 0 Å². The van der Waals surface area contributed by atoms with Crippen molar-refractivity contribution in [3.8, 4) is 0 Å². The summed E-state index contributed by atoms with van der Waals surface area (Å²) >= 11 is 0. The topological polar surface area (TPSA) is 74.6 Å². The molecule has 0 saturated heterocycles. The van der Waals surface area contributed by atoms with Crippen LogP contribution in [0, 0.1) is 0 Å². The molecule has 2 N–H and O–H groups in total. The smallest absolute Gasteiger partial charge is 0.225 e. The van der Waals surface area contributed by atoms with Gasteiger partial charge in [0.05, 0.1) is 6.21 Å². The van der Waals surface area contributed by atoms with Crippen LogP contribution in [0.5, 0.6) is 0 Å². The van der Waals surface area contributed by atoms with Gasteiger partial charge in [-0.05, 0) is 23.1 Å². The summed E-state index contributed by atoms with van der Waals surface area (Å²) in [6.07, 6.45) is 3.39. The molecule has 0 fully saturated rings. The minimum absolute atomic E-state index is 0.0732. The van der Waals surface area contributed by atoms with E-state index in [1.807, 2.05) is 18.2 Å². The van der Waals surface area contributed by atoms with Gasteiger partial charge in [0.1, 0.15) is 5.82 Å². The Morgan fingerprint density at radius 3 is 3.06 bits per heavy atom. The summed E-state index contributed by atoms with van der Waals surface area (Å²) in [4.78, 5) is 15.5. The SMILES string of the molecule is CCC(=O)Nc1nccc2cc(C=NO)ccc12. The molecule has 5 nitrogen and oxygen atoms in total. The highest BCUT2D eigenvalue weighted by molar-refractivity contribution is 6.01. The van der Waals surface area contributed by atoms with Crippen LogP contribution in [-0.2, 0) is 4.79 Å². The third-order valence-electron chi connectivity index (χ3n) is 2.57. The van der Waals surface area contributed by atoms with Crippen molar-refractivity contribution in [1.82, 2.24) is 4.98 Å². The van der Waals surface area contributed by atoms with E-state index in [0.29, 0.717) is 12.2 Å². The van der Waals surface area contributed by atoms with Gasteiger partial charge in [-0.1, -0.05) is 24.2 Å². The van der Waals surface area contributed by atoms with Crippen molar-refractivity contribution in [1.29, 1.82) is 0 Å². The average molecular weight is 243 g/mol. The molecule has 5 heteroatoms. The number of nitrogens with one attached hydrogen (secondary N) is 1. The molecular weight excluding hydrogens is 230 g/mol. The molecule has 0 atom stereocenters. The number of hydrogen-bond donors (Lipinski definition) is 2. The summed E-state index contributed by atoms with van der Waals surface area (Å²) in [5.74, 6) is 0.475. The molecule has 0 spiro atoms. The zero-order chi connectivity index (χ0) is 13.0. The molecule has 1 amide bonds. The number of carbonyl (C=O) groups is 1. The van der Waals surface area contributed by atoms with Crippen LogP contribution in [0.3, 0.4) is 0 Å². The summed E-state index contributed by atoms with van der Waals surface area (Å²) in [6, 6.07) is 7.33. The maximum absolute atomic E-state index is 11.4. The number of fused-ring (bicyclic) bond motifs is 1. The van der Waals surface area contributed by atoms with Crippen LogP contribution >= 0.6 is 0 Å². The number of aromatic nitrogens is 1. The van der Waals surface area contributed by atoms with Crippen LogP contribution < -0.4 is 5.32 Å². The van der Waals surface area contributed by atoms with Gasteiger partial charge < -0.3 is 10.5 Å². The van der Waals surface area contributed by atoms with E-state index >= 15 is 0 Å². The van der Waals surface area contributed by atoms with E-state index in [1.54, 1.807) is 19.2 Å². The Bertz CT molecular complexity index is 608. The standard InChI is InChI=1S/C13H13N3O2/c1-2-12(17)16-13-11-4-3-9(8-15-18)7-10(11)5-6-14-13/h3-8,18H,2H2,1H3,(H,14,16,17). The van der Waals surface area contributed by atoms with Crippen LogP contribution in [0.25, 0.3) is 10.8 Å². The van der Waals surface area contributed by atoms with Gasteiger partial charge in [0.2, 0.25) is 5.91 Å². The van der Waals surface area contributed by atoms with E-state index < -0.39 is 0 Å². The van der Waals surface area contributed by atoms with E-state index in [0.717, 1.165) is 16.3 Å². The van der Waals surface area contributed by atoms with Gasteiger partial charge in [0.25, 0.3) is 0 Å². The fourth-order valence-electron chi connectivity index (χ4n) is 1.66. The molecule has 2 rings (SSSR count). The Hall–Kier alpha value is -2.43. The van der Waals surface area contributed by atoms with Crippen molar-refractivity contribution < 1.29 is 10.0 Å². The van der Waals surface area contributed by atoms with E-state index in [2.05, 4.69) is 15.5 Å². The highest BCUT2D eigenvalue weighted by Crippen LogP contribution is 2.21. The second-order valence-corrected chi connectivity index (χ2v) is 3.79. The largest absolute Gasteiger partial charge is 0.411 e. The maximum atomic E-state index is 11.4. The van der Waals surface area contributed by atoms with Crippen LogP contribution in [0.2, 0.25) is 0 Å². The first kappa shape index (κ1) is 12.0. The number of rotatable bonds is 3. The van der Waals surface area contributed by atoms with E-state index in [9.17, 15) is 4.79 Å². The Morgan fingerprint density at radius 2 is 2.33 bits per heavy atom. The van der Waals surface area contributed by atoms with Crippen molar-refractivity contribution in [2.75, 3.05) is 5.32 Å². The van der Waals surface area contributed by atoms with Gasteiger partial charge in [-0.2, -0.15) is 0 Å². The fraction of sp³-hybridized carbons (Fsp3) is 0.154. The predicted octanol–water partition coefficient (Wildman–Crippen LogP) is 2.39. The van der Waals surface area contributed by atoms with Crippen LogP contribution in [0.15, 0.2) is 35.6 Å². The second kappa shape index (κ2) is 5.27. The quantitative estimate of drug-likeness (QED) is 0.493. The zero-order valence-corrected chi connectivity index (χ0v) is 9.92. The molecule has 2 aromatic rings. The lowest BCUT2D eigenvalue weighted by Gasteiger charge is -2.07.